The molecule has 22 heavy (non-hydrogen) atoms. The van der Waals surface area contributed by atoms with E-state index in [0.29, 0.717) is 6.04 Å². The lowest BCUT2D eigenvalue weighted by Gasteiger charge is -2.55. The van der Waals surface area contributed by atoms with Crippen LogP contribution in [0.4, 0.5) is 0 Å². The molecule has 0 aromatic heterocycles. The summed E-state index contributed by atoms with van der Waals surface area (Å²) in [7, 11) is 2.59. The second kappa shape index (κ2) is 5.99. The van der Waals surface area contributed by atoms with Crippen LogP contribution in [0.2, 0.25) is 0 Å². The Morgan fingerprint density at radius 1 is 0.909 bits per heavy atom. The summed E-state index contributed by atoms with van der Waals surface area (Å²) in [6.07, 6.45) is 5.80. The van der Waals surface area contributed by atoms with Crippen molar-refractivity contribution in [3.63, 3.8) is 0 Å². The maximum absolute atomic E-state index is 12.9. The lowest BCUT2D eigenvalue weighted by molar-refractivity contribution is -0.174. The van der Waals surface area contributed by atoms with Gasteiger partial charge in [-0.05, 0) is 25.7 Å². The fraction of sp³-hybridized carbons (Fsp3) is 0.812. The molecule has 0 aliphatic carbocycles. The number of ether oxygens (including phenoxy) is 2. The van der Waals surface area contributed by atoms with Gasteiger partial charge >= 0.3 is 11.9 Å². The van der Waals surface area contributed by atoms with E-state index in [-0.39, 0.29) is 17.9 Å². The first-order valence-electron chi connectivity index (χ1n) is 8.07. The summed E-state index contributed by atoms with van der Waals surface area (Å²) in [5.74, 6) is -3.06. The SMILES string of the molecule is COC(=O)[C@@H]1C(=O)[C@H](C(=O)OC)[C@@H]2CCCC3CCC[C@@H]1N32. The van der Waals surface area contributed by atoms with Gasteiger partial charge in [-0.2, -0.15) is 0 Å². The van der Waals surface area contributed by atoms with Crippen molar-refractivity contribution in [2.75, 3.05) is 14.2 Å². The molecule has 3 heterocycles. The van der Waals surface area contributed by atoms with Gasteiger partial charge in [0.1, 0.15) is 11.8 Å². The zero-order valence-corrected chi connectivity index (χ0v) is 13.1. The standard InChI is InChI=1S/C16H23NO5/c1-21-15(19)12-10-7-3-5-9-6-4-8-11(17(9)10)13(14(12)18)16(20)22-2/h9-13H,3-8H2,1-2H3/t9?,10-,11-,12-,13+/m0/s1. The summed E-state index contributed by atoms with van der Waals surface area (Å²) in [6.45, 7) is 0. The van der Waals surface area contributed by atoms with Crippen molar-refractivity contribution in [2.24, 2.45) is 11.8 Å². The zero-order valence-electron chi connectivity index (χ0n) is 13.1. The van der Waals surface area contributed by atoms with Gasteiger partial charge in [-0.1, -0.05) is 12.8 Å². The molecule has 3 aliphatic rings. The van der Waals surface area contributed by atoms with Crippen LogP contribution in [0, 0.1) is 11.8 Å². The molecule has 0 aromatic rings. The number of hydrogen-bond donors (Lipinski definition) is 0. The summed E-state index contributed by atoms with van der Waals surface area (Å²) < 4.78 is 9.71. The second-order valence-corrected chi connectivity index (χ2v) is 6.50. The van der Waals surface area contributed by atoms with Gasteiger partial charge < -0.3 is 9.47 Å². The normalized spacial score (nSPS) is 38.1. The molecule has 122 valence electrons. The highest BCUT2D eigenvalue weighted by atomic mass is 16.5. The topological polar surface area (TPSA) is 72.9 Å². The van der Waals surface area contributed by atoms with E-state index < -0.39 is 23.8 Å². The van der Waals surface area contributed by atoms with Crippen molar-refractivity contribution < 1.29 is 23.9 Å². The molecular formula is C16H23NO5. The van der Waals surface area contributed by atoms with E-state index in [1.807, 2.05) is 0 Å². The van der Waals surface area contributed by atoms with Crippen LogP contribution in [0.15, 0.2) is 0 Å². The number of carbonyl (C=O) groups is 3. The Morgan fingerprint density at radius 3 is 1.77 bits per heavy atom. The predicted octanol–water partition coefficient (Wildman–Crippen LogP) is 0.923. The maximum atomic E-state index is 12.9. The summed E-state index contributed by atoms with van der Waals surface area (Å²) in [5, 5.41) is 0. The van der Waals surface area contributed by atoms with Crippen molar-refractivity contribution in [1.82, 2.24) is 4.90 Å². The van der Waals surface area contributed by atoms with Crippen molar-refractivity contribution in [2.45, 2.75) is 56.7 Å². The van der Waals surface area contributed by atoms with Gasteiger partial charge in [0, 0.05) is 18.1 Å². The van der Waals surface area contributed by atoms with E-state index in [1.54, 1.807) is 0 Å². The number of carbonyl (C=O) groups excluding carboxylic acids is 3. The maximum Gasteiger partial charge on any atom is 0.317 e. The molecule has 0 bridgehead atoms. The monoisotopic (exact) mass is 309 g/mol. The zero-order chi connectivity index (χ0) is 15.9. The van der Waals surface area contributed by atoms with Gasteiger partial charge in [0.25, 0.3) is 0 Å². The lowest BCUT2D eigenvalue weighted by atomic mass is 9.69. The highest BCUT2D eigenvalue weighted by Crippen LogP contribution is 2.44. The fourth-order valence-electron chi connectivity index (χ4n) is 4.70. The molecule has 0 amide bonds. The van der Waals surface area contributed by atoms with E-state index in [9.17, 15) is 14.4 Å². The van der Waals surface area contributed by atoms with Gasteiger partial charge in [-0.15, -0.1) is 0 Å². The van der Waals surface area contributed by atoms with Crippen molar-refractivity contribution in [3.8, 4) is 0 Å². The number of piperidine rings is 3. The molecule has 3 rings (SSSR count). The number of esters is 2. The minimum absolute atomic E-state index is 0.120. The van der Waals surface area contributed by atoms with Crippen LogP contribution in [0.5, 0.6) is 0 Å². The summed E-state index contributed by atoms with van der Waals surface area (Å²) in [4.78, 5) is 39.5. The molecular weight excluding hydrogens is 286 g/mol. The smallest absolute Gasteiger partial charge is 0.317 e. The molecule has 0 aromatic carbocycles. The highest BCUT2D eigenvalue weighted by Gasteiger charge is 2.57. The number of Topliss-reactive ketones (excluding diaryl/α,β-unsaturated/α-hetero) is 1. The summed E-state index contributed by atoms with van der Waals surface area (Å²) in [6, 6.07) is 0.125. The van der Waals surface area contributed by atoms with Gasteiger partial charge in [-0.25, -0.2) is 0 Å². The highest BCUT2D eigenvalue weighted by molar-refractivity contribution is 6.10. The average molecular weight is 309 g/mol. The van der Waals surface area contributed by atoms with E-state index >= 15 is 0 Å². The Bertz CT molecular complexity index is 451. The molecule has 0 radical (unpaired) electrons. The van der Waals surface area contributed by atoms with Gasteiger partial charge in [-0.3, -0.25) is 19.3 Å². The molecule has 5 atom stereocenters. The molecule has 1 unspecified atom stereocenters. The molecule has 6 heteroatoms. The van der Waals surface area contributed by atoms with Gasteiger partial charge in [0.05, 0.1) is 14.2 Å². The first-order chi connectivity index (χ1) is 10.6. The minimum atomic E-state index is -0.855. The molecule has 0 N–H and O–H groups in total. The second-order valence-electron chi connectivity index (χ2n) is 6.50. The van der Waals surface area contributed by atoms with Crippen LogP contribution in [0.3, 0.4) is 0 Å². The largest absolute Gasteiger partial charge is 0.468 e. The van der Waals surface area contributed by atoms with Crippen LogP contribution < -0.4 is 0 Å². The van der Waals surface area contributed by atoms with Crippen LogP contribution in [0.1, 0.15) is 38.5 Å². The Kier molecular flexibility index (Phi) is 4.21. The number of hydrogen-bond acceptors (Lipinski definition) is 6. The van der Waals surface area contributed by atoms with Gasteiger partial charge in [0.2, 0.25) is 0 Å². The Hall–Kier alpha value is -1.43. The molecule has 6 nitrogen and oxygen atoms in total. The third-order valence-corrected chi connectivity index (χ3v) is 5.55. The third-order valence-electron chi connectivity index (χ3n) is 5.55. The lowest BCUT2D eigenvalue weighted by Crippen LogP contribution is -2.68. The van der Waals surface area contributed by atoms with Crippen molar-refractivity contribution >= 4 is 17.7 Å². The number of rotatable bonds is 2. The van der Waals surface area contributed by atoms with Crippen LogP contribution in [-0.4, -0.2) is 55.0 Å². The molecule has 3 fully saturated rings. The Morgan fingerprint density at radius 2 is 1.36 bits per heavy atom. The Labute approximate surface area is 130 Å². The van der Waals surface area contributed by atoms with Crippen LogP contribution >= 0.6 is 0 Å². The van der Waals surface area contributed by atoms with E-state index in [4.69, 9.17) is 9.47 Å². The van der Waals surface area contributed by atoms with Gasteiger partial charge in [0.15, 0.2) is 5.78 Å². The molecule has 0 saturated carbocycles. The number of methoxy groups -OCH3 is 2. The average Bonchev–Trinajstić information content (AvgIpc) is 2.54. The first-order valence-corrected chi connectivity index (χ1v) is 8.07. The van der Waals surface area contributed by atoms with Crippen LogP contribution in [0.25, 0.3) is 0 Å². The summed E-state index contributed by atoms with van der Waals surface area (Å²) >= 11 is 0. The summed E-state index contributed by atoms with van der Waals surface area (Å²) in [5.41, 5.74) is 0. The Balaban J connectivity index is 2.01. The van der Waals surface area contributed by atoms with E-state index in [2.05, 4.69) is 4.90 Å². The minimum Gasteiger partial charge on any atom is -0.468 e. The van der Waals surface area contributed by atoms with Crippen molar-refractivity contribution in [1.29, 1.82) is 0 Å². The molecule has 0 spiro atoms. The van der Waals surface area contributed by atoms with Crippen molar-refractivity contribution in [3.05, 3.63) is 0 Å². The first kappa shape index (κ1) is 15.5. The fourth-order valence-corrected chi connectivity index (χ4v) is 4.70. The molecule has 3 saturated heterocycles. The quantitative estimate of drug-likeness (QED) is 0.558. The van der Waals surface area contributed by atoms with E-state index in [1.165, 1.54) is 14.2 Å². The van der Waals surface area contributed by atoms with Crippen LogP contribution in [-0.2, 0) is 23.9 Å². The predicted molar refractivity (Wildman–Crippen MR) is 76.9 cm³/mol. The third kappa shape index (κ3) is 2.24. The van der Waals surface area contributed by atoms with E-state index in [0.717, 1.165) is 38.5 Å². The number of ketones is 1. The molecule has 3 aliphatic heterocycles. The number of nitrogens with zero attached hydrogens (tertiary/aromatic N) is 1.